The third-order valence-corrected chi connectivity index (χ3v) is 9.83. The Balaban J connectivity index is 1.39. The Hall–Kier alpha value is -1.03. The molecule has 1 heterocycles. The highest BCUT2D eigenvalue weighted by molar-refractivity contribution is 5.75. The average molecular weight is 483 g/mol. The molecule has 3 aliphatic carbocycles. The molecule has 1 aliphatic heterocycles. The molecule has 0 radical (unpaired) electrons. The molecule has 4 aliphatic rings. The fraction of sp³-hybridized carbons (Fsp3) is 0.885. The van der Waals surface area contributed by atoms with Crippen LogP contribution in [0.15, 0.2) is 11.6 Å². The van der Waals surface area contributed by atoms with Crippen LogP contribution < -0.4 is 0 Å². The number of fused-ring (bicyclic) bond motifs is 3. The van der Waals surface area contributed by atoms with Crippen molar-refractivity contribution in [2.24, 2.45) is 28.1 Å². The molecule has 0 unspecified atom stereocenters. The van der Waals surface area contributed by atoms with Gasteiger partial charge in [0.15, 0.2) is 6.29 Å². The van der Waals surface area contributed by atoms with Crippen LogP contribution in [-0.4, -0.2) is 75.4 Å². The maximum atomic E-state index is 12.2. The molecule has 0 amide bonds. The molecule has 8 nitrogen and oxygen atoms in total. The molecule has 3 fully saturated rings. The Labute approximate surface area is 202 Å². The van der Waals surface area contributed by atoms with Crippen molar-refractivity contribution in [2.75, 3.05) is 13.2 Å². The summed E-state index contributed by atoms with van der Waals surface area (Å²) in [5.41, 5.74) is 0.832. The third kappa shape index (κ3) is 4.35. The molecule has 0 aromatic rings. The Morgan fingerprint density at radius 2 is 1.85 bits per heavy atom. The van der Waals surface area contributed by atoms with Gasteiger partial charge in [-0.1, -0.05) is 31.9 Å². The largest absolute Gasteiger partial charge is 0.481 e. The predicted octanol–water partition coefficient (Wildman–Crippen LogP) is 2.23. The average Bonchev–Trinajstić information content (AvgIpc) is 2.78. The molecule has 10 atom stereocenters. The standard InChI is InChI=1S/C26H42O8/c1-24(11-12-33-22-21(30)20(29)19(28)17(14-27)34-22)10-7-16-15(13-24)5-6-18-25(16,2)8-4-9-26(18,3)23(31)32/h5,16-22,27-30H,4,6-14H2,1-3H3,(H,31,32)/t16-,17+,18+,19+,20-,21+,22-,24-,25+,26-/m0/s1. The van der Waals surface area contributed by atoms with Crippen molar-refractivity contribution >= 4 is 5.97 Å². The lowest BCUT2D eigenvalue weighted by Crippen LogP contribution is -2.59. The highest BCUT2D eigenvalue weighted by Crippen LogP contribution is 2.64. The number of carboxylic acids is 1. The second-order valence-corrected chi connectivity index (χ2v) is 12.0. The molecule has 5 N–H and O–H groups in total. The van der Waals surface area contributed by atoms with Gasteiger partial charge in [0.1, 0.15) is 24.4 Å². The highest BCUT2D eigenvalue weighted by Gasteiger charge is 2.58. The molecule has 34 heavy (non-hydrogen) atoms. The van der Waals surface area contributed by atoms with E-state index in [4.69, 9.17) is 9.47 Å². The maximum absolute atomic E-state index is 12.2. The zero-order valence-corrected chi connectivity index (χ0v) is 20.7. The number of hydrogen-bond donors (Lipinski definition) is 5. The highest BCUT2D eigenvalue weighted by atomic mass is 16.7. The maximum Gasteiger partial charge on any atom is 0.309 e. The molecule has 1 saturated heterocycles. The van der Waals surface area contributed by atoms with E-state index in [1.54, 1.807) is 0 Å². The topological polar surface area (TPSA) is 137 Å². The van der Waals surface area contributed by atoms with Gasteiger partial charge in [-0.3, -0.25) is 4.79 Å². The minimum Gasteiger partial charge on any atom is -0.481 e. The van der Waals surface area contributed by atoms with Gasteiger partial charge in [-0.15, -0.1) is 0 Å². The van der Waals surface area contributed by atoms with Crippen molar-refractivity contribution in [3.8, 4) is 0 Å². The molecule has 0 aromatic heterocycles. The molecule has 8 heteroatoms. The van der Waals surface area contributed by atoms with Crippen LogP contribution in [0.1, 0.15) is 72.1 Å². The minimum atomic E-state index is -1.44. The van der Waals surface area contributed by atoms with Crippen molar-refractivity contribution in [3.05, 3.63) is 11.6 Å². The molecular formula is C26H42O8. The van der Waals surface area contributed by atoms with Crippen LogP contribution in [0.3, 0.4) is 0 Å². The van der Waals surface area contributed by atoms with Crippen molar-refractivity contribution < 1.29 is 39.8 Å². The fourth-order valence-electron chi connectivity index (χ4n) is 7.57. The van der Waals surface area contributed by atoms with E-state index in [0.717, 1.165) is 51.4 Å². The molecule has 4 rings (SSSR count). The molecule has 0 aromatic carbocycles. The summed E-state index contributed by atoms with van der Waals surface area (Å²) in [5, 5.41) is 49.5. The second kappa shape index (κ2) is 9.45. The zero-order valence-electron chi connectivity index (χ0n) is 20.7. The number of aliphatic carboxylic acids is 1. The van der Waals surface area contributed by atoms with Gasteiger partial charge in [-0.05, 0) is 74.5 Å². The lowest BCUT2D eigenvalue weighted by molar-refractivity contribution is -0.302. The van der Waals surface area contributed by atoms with E-state index in [1.807, 2.05) is 6.92 Å². The van der Waals surface area contributed by atoms with Crippen LogP contribution >= 0.6 is 0 Å². The summed E-state index contributed by atoms with van der Waals surface area (Å²) in [5.74, 6) is -0.0743. The number of aliphatic hydroxyl groups is 4. The van der Waals surface area contributed by atoms with E-state index < -0.39 is 48.7 Å². The van der Waals surface area contributed by atoms with Gasteiger partial charge in [0.2, 0.25) is 0 Å². The lowest BCUT2D eigenvalue weighted by Gasteiger charge is -2.58. The lowest BCUT2D eigenvalue weighted by atomic mass is 9.45. The quantitative estimate of drug-likeness (QED) is 0.364. The second-order valence-electron chi connectivity index (χ2n) is 12.0. The van der Waals surface area contributed by atoms with Crippen molar-refractivity contribution in [1.29, 1.82) is 0 Å². The monoisotopic (exact) mass is 482 g/mol. The molecule has 0 bridgehead atoms. The third-order valence-electron chi connectivity index (χ3n) is 9.83. The van der Waals surface area contributed by atoms with Crippen LogP contribution in [0.4, 0.5) is 0 Å². The number of hydrogen-bond acceptors (Lipinski definition) is 7. The van der Waals surface area contributed by atoms with Gasteiger partial charge < -0.3 is 35.0 Å². The van der Waals surface area contributed by atoms with Crippen LogP contribution in [0.5, 0.6) is 0 Å². The molecule has 0 spiro atoms. The normalized spacial score (nSPS) is 49.0. The van der Waals surface area contributed by atoms with E-state index in [1.165, 1.54) is 5.57 Å². The number of carbonyl (C=O) groups is 1. The number of carboxylic acid groups (broad SMARTS) is 1. The summed E-state index contributed by atoms with van der Waals surface area (Å²) in [4.78, 5) is 12.2. The van der Waals surface area contributed by atoms with Crippen molar-refractivity contribution in [1.82, 2.24) is 0 Å². The fourth-order valence-corrected chi connectivity index (χ4v) is 7.57. The van der Waals surface area contributed by atoms with E-state index >= 15 is 0 Å². The Morgan fingerprint density at radius 1 is 1.12 bits per heavy atom. The first kappa shape index (κ1) is 26.0. The first-order valence-corrected chi connectivity index (χ1v) is 12.8. The number of rotatable bonds is 6. The van der Waals surface area contributed by atoms with Gasteiger partial charge in [-0.2, -0.15) is 0 Å². The SMILES string of the molecule is C[C@@]1(CCO[C@H]2O[C@H](CO)[C@@H](O)[C@H](O)[C@H]2O)CC[C@H]2C(=CC[C@@H]3[C@]2(C)CCC[C@]3(C)C(=O)O)C1. The van der Waals surface area contributed by atoms with Gasteiger partial charge in [-0.25, -0.2) is 0 Å². The first-order valence-electron chi connectivity index (χ1n) is 12.8. The van der Waals surface area contributed by atoms with Crippen LogP contribution in [-0.2, 0) is 14.3 Å². The Morgan fingerprint density at radius 3 is 2.53 bits per heavy atom. The van der Waals surface area contributed by atoms with E-state index in [-0.39, 0.29) is 16.7 Å². The summed E-state index contributed by atoms with van der Waals surface area (Å²) >= 11 is 0. The Kier molecular flexibility index (Phi) is 7.24. The minimum absolute atomic E-state index is 0.0175. The molecule has 194 valence electrons. The van der Waals surface area contributed by atoms with E-state index in [2.05, 4.69) is 19.9 Å². The summed E-state index contributed by atoms with van der Waals surface area (Å²) in [6.07, 6.45) is 3.41. The summed E-state index contributed by atoms with van der Waals surface area (Å²) in [6, 6.07) is 0. The summed E-state index contributed by atoms with van der Waals surface area (Å²) in [6.45, 7) is 6.37. The smallest absolute Gasteiger partial charge is 0.309 e. The van der Waals surface area contributed by atoms with E-state index in [9.17, 15) is 30.3 Å². The first-order chi connectivity index (χ1) is 15.9. The zero-order chi connectivity index (χ0) is 24.9. The van der Waals surface area contributed by atoms with Gasteiger partial charge in [0.05, 0.1) is 18.6 Å². The Bertz CT molecular complexity index is 798. The predicted molar refractivity (Wildman–Crippen MR) is 124 cm³/mol. The van der Waals surface area contributed by atoms with Gasteiger partial charge >= 0.3 is 5.97 Å². The van der Waals surface area contributed by atoms with Crippen LogP contribution in [0.2, 0.25) is 0 Å². The van der Waals surface area contributed by atoms with Gasteiger partial charge in [0, 0.05) is 0 Å². The van der Waals surface area contributed by atoms with Crippen molar-refractivity contribution in [3.63, 3.8) is 0 Å². The number of aliphatic hydroxyl groups excluding tert-OH is 4. The summed E-state index contributed by atoms with van der Waals surface area (Å²) < 4.78 is 11.2. The van der Waals surface area contributed by atoms with Crippen LogP contribution in [0.25, 0.3) is 0 Å². The number of allylic oxidation sites excluding steroid dienone is 2. The molecule has 2 saturated carbocycles. The van der Waals surface area contributed by atoms with E-state index in [0.29, 0.717) is 12.5 Å². The van der Waals surface area contributed by atoms with Crippen molar-refractivity contribution in [2.45, 2.75) is 103 Å². The molecular weight excluding hydrogens is 440 g/mol. The summed E-state index contributed by atoms with van der Waals surface area (Å²) in [7, 11) is 0. The van der Waals surface area contributed by atoms with Gasteiger partial charge in [0.25, 0.3) is 0 Å². The van der Waals surface area contributed by atoms with Crippen LogP contribution in [0, 0.1) is 28.1 Å². The number of ether oxygens (including phenoxy) is 2.